The van der Waals surface area contributed by atoms with E-state index in [0.717, 1.165) is 11.3 Å². The van der Waals surface area contributed by atoms with Crippen molar-refractivity contribution in [3.8, 4) is 6.07 Å². The van der Waals surface area contributed by atoms with E-state index in [1.807, 2.05) is 6.07 Å². The van der Waals surface area contributed by atoms with Crippen LogP contribution in [0.15, 0.2) is 35.6 Å². The molecule has 1 amide bonds. The van der Waals surface area contributed by atoms with Gasteiger partial charge in [-0.15, -0.1) is 11.3 Å². The maximum atomic E-state index is 12.8. The number of thiazole rings is 1. The van der Waals surface area contributed by atoms with Crippen LogP contribution in [0.4, 0.5) is 16.4 Å². The van der Waals surface area contributed by atoms with Crippen LogP contribution in [0.3, 0.4) is 0 Å². The molecular weight excluding hydrogens is 446 g/mol. The van der Waals surface area contributed by atoms with Crippen molar-refractivity contribution in [2.75, 3.05) is 17.2 Å². The second-order valence-corrected chi connectivity index (χ2v) is 8.55. The van der Waals surface area contributed by atoms with Gasteiger partial charge in [0.25, 0.3) is 5.56 Å². The zero-order chi connectivity index (χ0) is 24.6. The molecule has 33 heavy (non-hydrogen) atoms. The van der Waals surface area contributed by atoms with Gasteiger partial charge >= 0.3 is 12.1 Å². The van der Waals surface area contributed by atoms with Crippen LogP contribution >= 0.6 is 11.3 Å². The second-order valence-electron chi connectivity index (χ2n) is 7.52. The first-order chi connectivity index (χ1) is 15.6. The van der Waals surface area contributed by atoms with E-state index in [1.54, 1.807) is 45.9 Å². The third-order valence-corrected chi connectivity index (χ3v) is 4.95. The number of nitrogens with one attached hydrogen (secondary N) is 2. The molecule has 2 aromatic rings. The summed E-state index contributed by atoms with van der Waals surface area (Å²) in [6.07, 6.45) is 2.16. The standard InChI is InChI=1S/C22H25N5O5S/c1-6-11-31-20(29)14(12-23)19-27(7-2)18(28)15(33-19)13-24-16-9-8-10-17(25-16)26-21(30)32-22(3,4)5/h6,8-10,13H,1,7,11H2,2-5H3,(H2,24,25,26,30)/b15-13+,19-14-. The van der Waals surface area contributed by atoms with Gasteiger partial charge in [-0.2, -0.15) is 5.26 Å². The number of anilines is 2. The lowest BCUT2D eigenvalue weighted by atomic mass is 10.2. The van der Waals surface area contributed by atoms with Crippen LogP contribution in [0, 0.1) is 11.3 Å². The van der Waals surface area contributed by atoms with Crippen molar-refractivity contribution in [2.45, 2.75) is 39.8 Å². The Morgan fingerprint density at radius 3 is 2.64 bits per heavy atom. The summed E-state index contributed by atoms with van der Waals surface area (Å²) >= 11 is 0.974. The Kier molecular flexibility index (Phi) is 8.53. The normalized spacial score (nSPS) is 12.4. The average molecular weight is 472 g/mol. The monoisotopic (exact) mass is 471 g/mol. The molecular formula is C22H25N5O5S. The summed E-state index contributed by atoms with van der Waals surface area (Å²) in [5.74, 6) is -0.218. The van der Waals surface area contributed by atoms with Crippen LogP contribution in [0.1, 0.15) is 27.7 Å². The quantitative estimate of drug-likeness (QED) is 0.462. The highest BCUT2D eigenvalue weighted by Gasteiger charge is 2.17. The number of esters is 1. The summed E-state index contributed by atoms with van der Waals surface area (Å²) in [5, 5.41) is 14.9. The number of rotatable bonds is 7. The van der Waals surface area contributed by atoms with Crippen molar-refractivity contribution >= 4 is 46.8 Å². The molecule has 0 aliphatic carbocycles. The number of nitriles is 1. The molecule has 0 saturated heterocycles. The van der Waals surface area contributed by atoms with Gasteiger partial charge in [0.15, 0.2) is 5.57 Å². The van der Waals surface area contributed by atoms with Crippen molar-refractivity contribution in [3.05, 3.63) is 50.4 Å². The first-order valence-corrected chi connectivity index (χ1v) is 10.8. The van der Waals surface area contributed by atoms with Gasteiger partial charge in [-0.3, -0.25) is 14.7 Å². The fourth-order valence-corrected chi connectivity index (χ4v) is 3.59. The third kappa shape index (κ3) is 7.05. The minimum Gasteiger partial charge on any atom is -0.457 e. The highest BCUT2D eigenvalue weighted by atomic mass is 32.1. The van der Waals surface area contributed by atoms with Crippen LogP contribution < -0.4 is 25.4 Å². The van der Waals surface area contributed by atoms with Gasteiger partial charge in [-0.1, -0.05) is 18.7 Å². The summed E-state index contributed by atoms with van der Waals surface area (Å²) in [4.78, 5) is 41.1. The van der Waals surface area contributed by atoms with Crippen molar-refractivity contribution in [1.82, 2.24) is 9.55 Å². The lowest BCUT2D eigenvalue weighted by molar-refractivity contribution is -0.135. The van der Waals surface area contributed by atoms with E-state index < -0.39 is 17.7 Å². The van der Waals surface area contributed by atoms with Crippen LogP contribution in [0.5, 0.6) is 0 Å². The van der Waals surface area contributed by atoms with Crippen LogP contribution in [0.25, 0.3) is 11.8 Å². The number of carbonyl (C=O) groups is 2. The summed E-state index contributed by atoms with van der Waals surface area (Å²) in [6.45, 7) is 10.6. The van der Waals surface area contributed by atoms with Gasteiger partial charge in [0, 0.05) is 12.7 Å². The van der Waals surface area contributed by atoms with E-state index in [9.17, 15) is 19.6 Å². The maximum absolute atomic E-state index is 12.8. The fraction of sp³-hybridized carbons (Fsp3) is 0.318. The van der Waals surface area contributed by atoms with E-state index in [4.69, 9.17) is 9.47 Å². The van der Waals surface area contributed by atoms with E-state index in [1.165, 1.54) is 16.8 Å². The number of hydrogen-bond donors (Lipinski definition) is 2. The molecule has 0 radical (unpaired) electrons. The first-order valence-electron chi connectivity index (χ1n) is 9.95. The zero-order valence-corrected chi connectivity index (χ0v) is 19.6. The van der Waals surface area contributed by atoms with E-state index in [0.29, 0.717) is 5.82 Å². The second kappa shape index (κ2) is 11.1. The lowest BCUT2D eigenvalue weighted by Crippen LogP contribution is -2.32. The molecule has 0 spiro atoms. The number of nitrogens with zero attached hydrogens (tertiary/aromatic N) is 3. The van der Waals surface area contributed by atoms with Gasteiger partial charge in [-0.05, 0) is 39.8 Å². The predicted octanol–water partition coefficient (Wildman–Crippen LogP) is 1.93. The van der Waals surface area contributed by atoms with E-state index >= 15 is 0 Å². The Morgan fingerprint density at radius 2 is 2.03 bits per heavy atom. The minimum atomic E-state index is -0.831. The maximum Gasteiger partial charge on any atom is 0.413 e. The van der Waals surface area contributed by atoms with Crippen LogP contribution in [0.2, 0.25) is 0 Å². The molecule has 0 fully saturated rings. The summed E-state index contributed by atoms with van der Waals surface area (Å²) in [5.41, 5.74) is -1.29. The molecule has 174 valence electrons. The number of hydrogen-bond acceptors (Lipinski definition) is 9. The van der Waals surface area contributed by atoms with E-state index in [-0.39, 0.29) is 39.3 Å². The van der Waals surface area contributed by atoms with Gasteiger partial charge in [-0.25, -0.2) is 14.6 Å². The van der Waals surface area contributed by atoms with Crippen molar-refractivity contribution in [3.63, 3.8) is 0 Å². The van der Waals surface area contributed by atoms with E-state index in [2.05, 4.69) is 22.2 Å². The van der Waals surface area contributed by atoms with Crippen molar-refractivity contribution in [1.29, 1.82) is 5.26 Å². The molecule has 0 saturated carbocycles. The fourth-order valence-electron chi connectivity index (χ4n) is 2.51. The first kappa shape index (κ1) is 25.4. The molecule has 0 aromatic carbocycles. The van der Waals surface area contributed by atoms with Crippen LogP contribution in [-0.2, 0) is 20.8 Å². The molecule has 0 aliphatic rings. The van der Waals surface area contributed by atoms with Gasteiger partial charge < -0.3 is 14.8 Å². The SMILES string of the molecule is C=CCOC(=O)/C(C#N)=c1\s/c(=C/Nc2cccc(NC(=O)OC(C)(C)C)n2)c(=O)n1CC. The van der Waals surface area contributed by atoms with Gasteiger partial charge in [0.05, 0.1) is 0 Å². The lowest BCUT2D eigenvalue weighted by Gasteiger charge is -2.19. The number of pyridine rings is 1. The Hall–Kier alpha value is -3.91. The molecule has 2 aromatic heterocycles. The Bertz CT molecular complexity index is 1260. The molecule has 2 N–H and O–H groups in total. The average Bonchev–Trinajstić information content (AvgIpc) is 3.05. The molecule has 2 rings (SSSR count). The smallest absolute Gasteiger partial charge is 0.413 e. The summed E-state index contributed by atoms with van der Waals surface area (Å²) in [6, 6.07) is 6.71. The number of amides is 1. The molecule has 11 heteroatoms. The largest absolute Gasteiger partial charge is 0.457 e. The van der Waals surface area contributed by atoms with Crippen molar-refractivity contribution < 1.29 is 19.1 Å². The summed E-state index contributed by atoms with van der Waals surface area (Å²) in [7, 11) is 0. The number of carbonyl (C=O) groups excluding carboxylic acids is 2. The Morgan fingerprint density at radius 1 is 1.33 bits per heavy atom. The molecule has 0 aliphatic heterocycles. The Labute approximate surface area is 194 Å². The zero-order valence-electron chi connectivity index (χ0n) is 18.8. The number of ether oxygens (including phenoxy) is 2. The highest BCUT2D eigenvalue weighted by Crippen LogP contribution is 2.12. The van der Waals surface area contributed by atoms with Gasteiger partial charge in [0.2, 0.25) is 0 Å². The highest BCUT2D eigenvalue weighted by molar-refractivity contribution is 7.07. The topological polar surface area (TPSA) is 135 Å². The number of aromatic nitrogens is 2. The predicted molar refractivity (Wildman–Crippen MR) is 126 cm³/mol. The Balaban J connectivity index is 2.36. The molecule has 0 atom stereocenters. The molecule has 0 unspecified atom stereocenters. The van der Waals surface area contributed by atoms with Crippen molar-refractivity contribution in [2.24, 2.45) is 0 Å². The minimum absolute atomic E-state index is 0.0500. The molecule has 10 nitrogen and oxygen atoms in total. The summed E-state index contributed by atoms with van der Waals surface area (Å²) < 4.78 is 11.9. The third-order valence-electron chi connectivity index (χ3n) is 3.82. The van der Waals surface area contributed by atoms with Crippen LogP contribution in [-0.4, -0.2) is 33.8 Å². The molecule has 0 bridgehead atoms. The van der Waals surface area contributed by atoms with Gasteiger partial charge in [0.1, 0.15) is 39.1 Å². The molecule has 2 heterocycles.